The Balaban J connectivity index is 2.12. The van der Waals surface area contributed by atoms with Gasteiger partial charge in [0.15, 0.2) is 0 Å². The summed E-state index contributed by atoms with van der Waals surface area (Å²) in [6.07, 6.45) is 0.770. The van der Waals surface area contributed by atoms with Crippen molar-refractivity contribution in [3.8, 4) is 0 Å². The first kappa shape index (κ1) is 15.2. The van der Waals surface area contributed by atoms with Crippen LogP contribution in [0.4, 0.5) is 4.39 Å². The van der Waals surface area contributed by atoms with Crippen LogP contribution in [-0.2, 0) is 18.5 Å². The van der Waals surface area contributed by atoms with Gasteiger partial charge in [0.2, 0.25) is 0 Å². The lowest BCUT2D eigenvalue weighted by molar-refractivity contribution is 0.0422. The molecule has 0 radical (unpaired) electrons. The molecular weight excluding hydrogens is 311 g/mol. The molecule has 0 saturated carbocycles. The van der Waals surface area contributed by atoms with Gasteiger partial charge in [0, 0.05) is 23.2 Å². The average molecular weight is 323 g/mol. The van der Waals surface area contributed by atoms with Crippen LogP contribution in [0.1, 0.15) is 16.8 Å². The molecule has 0 N–H and O–H groups in total. The number of ether oxygens (including phenoxy) is 2. The van der Waals surface area contributed by atoms with E-state index < -0.39 is 26.4 Å². The first-order valence-electron chi connectivity index (χ1n) is 5.87. The monoisotopic (exact) mass is 322 g/mol. The van der Waals surface area contributed by atoms with Gasteiger partial charge in [-0.1, -0.05) is 0 Å². The summed E-state index contributed by atoms with van der Waals surface area (Å²) in [4.78, 5) is 11.4. The Hall–Kier alpha value is -1.18. The third-order valence-electron chi connectivity index (χ3n) is 2.91. The summed E-state index contributed by atoms with van der Waals surface area (Å²) in [7, 11) is 1.12. The maximum Gasteiger partial charge on any atom is 0.341 e. The van der Waals surface area contributed by atoms with Gasteiger partial charge in [-0.2, -0.15) is 0 Å². The van der Waals surface area contributed by atoms with Gasteiger partial charge in [0.05, 0.1) is 23.7 Å². The standard InChI is InChI=1S/C12H12ClFO5S/c13-20(16,17)9-1-2-11(14)10(5-9)12(15)19-7-8-3-4-18-6-8/h1-2,5,8H,3-4,6-7H2. The van der Waals surface area contributed by atoms with Gasteiger partial charge in [-0.25, -0.2) is 17.6 Å². The zero-order valence-corrected chi connectivity index (χ0v) is 11.9. The van der Waals surface area contributed by atoms with Crippen molar-refractivity contribution in [2.24, 2.45) is 5.92 Å². The summed E-state index contributed by atoms with van der Waals surface area (Å²) in [5, 5.41) is 0. The highest BCUT2D eigenvalue weighted by Crippen LogP contribution is 2.20. The van der Waals surface area contributed by atoms with Crippen molar-refractivity contribution in [1.29, 1.82) is 0 Å². The molecule has 1 aromatic carbocycles. The molecular formula is C12H12ClFO5S. The Morgan fingerprint density at radius 3 is 2.85 bits per heavy atom. The SMILES string of the molecule is O=C(OCC1CCOC1)c1cc(S(=O)(=O)Cl)ccc1F. The van der Waals surface area contributed by atoms with Crippen molar-refractivity contribution in [2.75, 3.05) is 19.8 Å². The second-order valence-electron chi connectivity index (χ2n) is 4.41. The highest BCUT2D eigenvalue weighted by Gasteiger charge is 2.21. The lowest BCUT2D eigenvalue weighted by Gasteiger charge is -2.09. The van der Waals surface area contributed by atoms with Gasteiger partial charge in [0.1, 0.15) is 5.82 Å². The van der Waals surface area contributed by atoms with Crippen molar-refractivity contribution in [3.05, 3.63) is 29.6 Å². The molecule has 1 aromatic rings. The molecule has 0 spiro atoms. The Kier molecular flexibility index (Phi) is 4.62. The Morgan fingerprint density at radius 2 is 2.25 bits per heavy atom. The van der Waals surface area contributed by atoms with Crippen molar-refractivity contribution in [3.63, 3.8) is 0 Å². The number of carbonyl (C=O) groups is 1. The molecule has 20 heavy (non-hydrogen) atoms. The third-order valence-corrected chi connectivity index (χ3v) is 4.26. The first-order valence-corrected chi connectivity index (χ1v) is 8.18. The number of hydrogen-bond donors (Lipinski definition) is 0. The molecule has 0 amide bonds. The van der Waals surface area contributed by atoms with Crippen LogP contribution in [0.25, 0.3) is 0 Å². The minimum Gasteiger partial charge on any atom is -0.462 e. The summed E-state index contributed by atoms with van der Waals surface area (Å²) in [6, 6.07) is 2.72. The molecule has 1 aliphatic heterocycles. The van der Waals surface area contributed by atoms with E-state index >= 15 is 0 Å². The zero-order chi connectivity index (χ0) is 14.8. The molecule has 1 atom stereocenters. The number of halogens is 2. The number of hydrogen-bond acceptors (Lipinski definition) is 5. The predicted octanol–water partition coefficient (Wildman–Crippen LogP) is 1.95. The van der Waals surface area contributed by atoms with Crippen LogP contribution in [-0.4, -0.2) is 34.2 Å². The zero-order valence-electron chi connectivity index (χ0n) is 10.3. The lowest BCUT2D eigenvalue weighted by atomic mass is 10.1. The van der Waals surface area contributed by atoms with E-state index in [-0.39, 0.29) is 17.4 Å². The molecule has 1 fully saturated rings. The van der Waals surface area contributed by atoms with Crippen LogP contribution in [0.15, 0.2) is 23.1 Å². The van der Waals surface area contributed by atoms with Crippen molar-refractivity contribution >= 4 is 25.7 Å². The van der Waals surface area contributed by atoms with E-state index in [9.17, 15) is 17.6 Å². The van der Waals surface area contributed by atoms with E-state index in [0.717, 1.165) is 24.6 Å². The van der Waals surface area contributed by atoms with Crippen LogP contribution in [0, 0.1) is 11.7 Å². The fourth-order valence-electron chi connectivity index (χ4n) is 1.80. The van der Waals surface area contributed by atoms with E-state index in [1.165, 1.54) is 0 Å². The highest BCUT2D eigenvalue weighted by atomic mass is 35.7. The minimum absolute atomic E-state index is 0.0851. The maximum atomic E-state index is 13.5. The molecule has 0 aromatic heterocycles. The summed E-state index contributed by atoms with van der Waals surface area (Å²) < 4.78 is 46.0. The third kappa shape index (κ3) is 3.68. The summed E-state index contributed by atoms with van der Waals surface area (Å²) in [5.41, 5.74) is -0.453. The molecule has 1 unspecified atom stereocenters. The predicted molar refractivity (Wildman–Crippen MR) is 68.6 cm³/mol. The van der Waals surface area contributed by atoms with E-state index in [0.29, 0.717) is 13.2 Å². The molecule has 0 aliphatic carbocycles. The van der Waals surface area contributed by atoms with Gasteiger partial charge >= 0.3 is 5.97 Å². The molecule has 8 heteroatoms. The largest absolute Gasteiger partial charge is 0.462 e. The Bertz CT molecular complexity index is 610. The van der Waals surface area contributed by atoms with E-state index in [1.54, 1.807) is 0 Å². The molecule has 0 bridgehead atoms. The summed E-state index contributed by atoms with van der Waals surface area (Å²) in [6.45, 7) is 1.21. The fraction of sp³-hybridized carbons (Fsp3) is 0.417. The quantitative estimate of drug-likeness (QED) is 0.626. The van der Waals surface area contributed by atoms with Gasteiger partial charge < -0.3 is 9.47 Å². The van der Waals surface area contributed by atoms with Gasteiger partial charge in [-0.05, 0) is 24.6 Å². The van der Waals surface area contributed by atoms with E-state index in [4.69, 9.17) is 20.2 Å². The van der Waals surface area contributed by atoms with E-state index in [2.05, 4.69) is 0 Å². The van der Waals surface area contributed by atoms with Crippen molar-refractivity contribution in [1.82, 2.24) is 0 Å². The molecule has 110 valence electrons. The molecule has 1 heterocycles. The van der Waals surface area contributed by atoms with Crippen LogP contribution in [0.2, 0.25) is 0 Å². The van der Waals surface area contributed by atoms with Crippen LogP contribution in [0.5, 0.6) is 0 Å². The normalized spacial score (nSPS) is 19.0. The Labute approximate surface area is 120 Å². The lowest BCUT2D eigenvalue weighted by Crippen LogP contribution is -2.15. The van der Waals surface area contributed by atoms with Crippen LogP contribution >= 0.6 is 10.7 Å². The maximum absolute atomic E-state index is 13.5. The van der Waals surface area contributed by atoms with Gasteiger partial charge in [0.25, 0.3) is 9.05 Å². The number of rotatable bonds is 4. The van der Waals surface area contributed by atoms with Crippen molar-refractivity contribution in [2.45, 2.75) is 11.3 Å². The summed E-state index contributed by atoms with van der Waals surface area (Å²) in [5.74, 6) is -1.69. The number of carbonyl (C=O) groups excluding carboxylic acids is 1. The second-order valence-corrected chi connectivity index (χ2v) is 6.97. The van der Waals surface area contributed by atoms with Gasteiger partial charge in [-0.15, -0.1) is 0 Å². The second kappa shape index (κ2) is 6.07. The van der Waals surface area contributed by atoms with Gasteiger partial charge in [-0.3, -0.25) is 0 Å². The Morgan fingerprint density at radius 1 is 1.50 bits per heavy atom. The number of benzene rings is 1. The van der Waals surface area contributed by atoms with E-state index in [1.807, 2.05) is 0 Å². The first-order chi connectivity index (χ1) is 9.38. The average Bonchev–Trinajstić information content (AvgIpc) is 2.88. The topological polar surface area (TPSA) is 69.7 Å². The fourth-order valence-corrected chi connectivity index (χ4v) is 2.58. The molecule has 1 saturated heterocycles. The van der Waals surface area contributed by atoms with Crippen LogP contribution in [0.3, 0.4) is 0 Å². The highest BCUT2D eigenvalue weighted by molar-refractivity contribution is 8.13. The molecule has 1 aliphatic rings. The minimum atomic E-state index is -4.03. The number of esters is 1. The summed E-state index contributed by atoms with van der Waals surface area (Å²) >= 11 is 0. The van der Waals surface area contributed by atoms with Crippen LogP contribution < -0.4 is 0 Å². The van der Waals surface area contributed by atoms with Crippen molar-refractivity contribution < 1.29 is 27.1 Å². The molecule has 2 rings (SSSR count). The smallest absolute Gasteiger partial charge is 0.341 e. The molecule has 5 nitrogen and oxygen atoms in total.